The topological polar surface area (TPSA) is 64.9 Å². The second-order valence-electron chi connectivity index (χ2n) is 5.43. The van der Waals surface area contributed by atoms with Crippen LogP contribution < -0.4 is 5.73 Å². The highest BCUT2D eigenvalue weighted by atomic mass is 35.5. The highest BCUT2D eigenvalue weighted by Crippen LogP contribution is 2.34. The fourth-order valence-corrected chi connectivity index (χ4v) is 2.97. The monoisotopic (exact) mass is 335 g/mol. The standard InChI is InChI=1S/C16H17N3OS.ClH/c1-16(2,13-4-3-9-21-13)15-18-14(19-20-15)12-7-5-11(10-17)6-8-12;/h3-9H,10,17H2,1-2H3;1H. The number of nitrogens with two attached hydrogens (primary N) is 1. The van der Waals surface area contributed by atoms with E-state index in [9.17, 15) is 0 Å². The normalized spacial score (nSPS) is 11.2. The van der Waals surface area contributed by atoms with Crippen LogP contribution in [-0.2, 0) is 12.0 Å². The van der Waals surface area contributed by atoms with Crippen molar-refractivity contribution in [2.75, 3.05) is 0 Å². The molecule has 0 saturated carbocycles. The molecule has 6 heteroatoms. The van der Waals surface area contributed by atoms with Gasteiger partial charge in [0.25, 0.3) is 0 Å². The third kappa shape index (κ3) is 3.06. The SMILES string of the molecule is CC(C)(c1nc(-c2ccc(CN)cc2)no1)c1cccs1.Cl. The minimum Gasteiger partial charge on any atom is -0.338 e. The third-order valence-electron chi connectivity index (χ3n) is 3.55. The number of hydrogen-bond acceptors (Lipinski definition) is 5. The zero-order valence-electron chi connectivity index (χ0n) is 12.4. The second-order valence-corrected chi connectivity index (χ2v) is 6.37. The van der Waals surface area contributed by atoms with E-state index in [0.717, 1.165) is 11.1 Å². The minimum absolute atomic E-state index is 0. The van der Waals surface area contributed by atoms with E-state index in [1.54, 1.807) is 11.3 Å². The summed E-state index contributed by atoms with van der Waals surface area (Å²) in [5.74, 6) is 1.24. The maximum Gasteiger partial charge on any atom is 0.237 e. The molecule has 0 atom stereocenters. The van der Waals surface area contributed by atoms with Gasteiger partial charge in [-0.15, -0.1) is 23.7 Å². The average molecular weight is 336 g/mol. The highest BCUT2D eigenvalue weighted by molar-refractivity contribution is 7.10. The van der Waals surface area contributed by atoms with Gasteiger partial charge in [0.15, 0.2) is 0 Å². The van der Waals surface area contributed by atoms with Gasteiger partial charge in [0, 0.05) is 17.0 Å². The Morgan fingerprint density at radius 2 is 1.91 bits per heavy atom. The molecule has 22 heavy (non-hydrogen) atoms. The quantitative estimate of drug-likeness (QED) is 0.782. The van der Waals surface area contributed by atoms with Crippen LogP contribution in [0.25, 0.3) is 11.4 Å². The molecule has 0 bridgehead atoms. The van der Waals surface area contributed by atoms with E-state index in [1.807, 2.05) is 30.3 Å². The molecular weight excluding hydrogens is 318 g/mol. The lowest BCUT2D eigenvalue weighted by Gasteiger charge is -2.17. The van der Waals surface area contributed by atoms with Crippen molar-refractivity contribution in [2.45, 2.75) is 25.8 Å². The molecular formula is C16H18ClN3OS. The second kappa shape index (κ2) is 6.60. The molecule has 116 valence electrons. The Morgan fingerprint density at radius 3 is 2.50 bits per heavy atom. The van der Waals surface area contributed by atoms with E-state index in [2.05, 4.69) is 35.4 Å². The lowest BCUT2D eigenvalue weighted by molar-refractivity contribution is 0.335. The maximum atomic E-state index is 5.61. The molecule has 0 aliphatic carbocycles. The molecule has 0 spiro atoms. The Labute approximate surface area is 139 Å². The van der Waals surface area contributed by atoms with Gasteiger partial charge < -0.3 is 10.3 Å². The van der Waals surface area contributed by atoms with E-state index < -0.39 is 0 Å². The van der Waals surface area contributed by atoms with Gasteiger partial charge in [0.2, 0.25) is 11.7 Å². The largest absolute Gasteiger partial charge is 0.338 e. The average Bonchev–Trinajstić information content (AvgIpc) is 3.19. The van der Waals surface area contributed by atoms with E-state index in [4.69, 9.17) is 10.3 Å². The van der Waals surface area contributed by atoms with Gasteiger partial charge in [0.1, 0.15) is 0 Å². The molecule has 0 saturated heterocycles. The molecule has 0 fully saturated rings. The third-order valence-corrected chi connectivity index (χ3v) is 4.74. The summed E-state index contributed by atoms with van der Waals surface area (Å²) in [6.45, 7) is 4.71. The molecule has 0 aliphatic heterocycles. The molecule has 0 radical (unpaired) electrons. The number of thiophene rings is 1. The van der Waals surface area contributed by atoms with Gasteiger partial charge in [0.05, 0.1) is 5.41 Å². The van der Waals surface area contributed by atoms with Crippen molar-refractivity contribution in [1.82, 2.24) is 10.1 Å². The predicted octanol–water partition coefficient (Wildman–Crippen LogP) is 4.00. The Bertz CT molecular complexity index is 720. The minimum atomic E-state index is -0.281. The molecule has 3 rings (SSSR count). The van der Waals surface area contributed by atoms with Crippen molar-refractivity contribution in [1.29, 1.82) is 0 Å². The molecule has 2 N–H and O–H groups in total. The summed E-state index contributed by atoms with van der Waals surface area (Å²) in [4.78, 5) is 5.77. The number of benzene rings is 1. The first-order chi connectivity index (χ1) is 10.1. The van der Waals surface area contributed by atoms with Crippen molar-refractivity contribution in [3.63, 3.8) is 0 Å². The van der Waals surface area contributed by atoms with Crippen LogP contribution in [0.5, 0.6) is 0 Å². The zero-order chi connectivity index (χ0) is 14.9. The van der Waals surface area contributed by atoms with Crippen molar-refractivity contribution in [3.8, 4) is 11.4 Å². The fourth-order valence-electron chi connectivity index (χ4n) is 2.12. The Hall–Kier alpha value is -1.69. The van der Waals surface area contributed by atoms with Crippen LogP contribution in [0.3, 0.4) is 0 Å². The Balaban J connectivity index is 0.00000176. The molecule has 0 unspecified atom stereocenters. The smallest absolute Gasteiger partial charge is 0.237 e. The van der Waals surface area contributed by atoms with Gasteiger partial charge in [-0.2, -0.15) is 4.98 Å². The van der Waals surface area contributed by atoms with Crippen molar-refractivity contribution in [3.05, 3.63) is 58.1 Å². The molecule has 0 aliphatic rings. The number of aromatic nitrogens is 2. The summed E-state index contributed by atoms with van der Waals surface area (Å²) in [7, 11) is 0. The number of hydrogen-bond donors (Lipinski definition) is 1. The van der Waals surface area contributed by atoms with Crippen LogP contribution in [-0.4, -0.2) is 10.1 Å². The van der Waals surface area contributed by atoms with E-state index in [-0.39, 0.29) is 17.8 Å². The van der Waals surface area contributed by atoms with Crippen LogP contribution in [0.15, 0.2) is 46.3 Å². The zero-order valence-corrected chi connectivity index (χ0v) is 14.1. The molecule has 1 aromatic carbocycles. The van der Waals surface area contributed by atoms with Crippen molar-refractivity contribution < 1.29 is 4.52 Å². The molecule has 3 aromatic rings. The molecule has 2 heterocycles. The van der Waals surface area contributed by atoms with E-state index >= 15 is 0 Å². The first-order valence-corrected chi connectivity index (χ1v) is 7.67. The van der Waals surface area contributed by atoms with Crippen LogP contribution in [0, 0.1) is 0 Å². The van der Waals surface area contributed by atoms with Gasteiger partial charge in [-0.05, 0) is 30.9 Å². The first-order valence-electron chi connectivity index (χ1n) is 6.79. The molecule has 0 amide bonds. The van der Waals surface area contributed by atoms with Gasteiger partial charge in [-0.1, -0.05) is 35.5 Å². The van der Waals surface area contributed by atoms with Crippen molar-refractivity contribution in [2.24, 2.45) is 5.73 Å². The summed E-state index contributed by atoms with van der Waals surface area (Å²) >= 11 is 1.69. The number of nitrogens with zero attached hydrogens (tertiary/aromatic N) is 2. The van der Waals surface area contributed by atoms with Gasteiger partial charge in [-0.25, -0.2) is 0 Å². The van der Waals surface area contributed by atoms with Crippen molar-refractivity contribution >= 4 is 23.7 Å². The Kier molecular flexibility index (Phi) is 5.01. The maximum absolute atomic E-state index is 5.61. The molecule has 2 aromatic heterocycles. The van der Waals surface area contributed by atoms with Gasteiger partial charge >= 0.3 is 0 Å². The predicted molar refractivity (Wildman–Crippen MR) is 91.3 cm³/mol. The van der Waals surface area contributed by atoms with Crippen LogP contribution in [0.2, 0.25) is 0 Å². The summed E-state index contributed by atoms with van der Waals surface area (Å²) in [6, 6.07) is 12.0. The summed E-state index contributed by atoms with van der Waals surface area (Å²) in [5.41, 5.74) is 7.34. The van der Waals surface area contributed by atoms with Crippen LogP contribution in [0.1, 0.15) is 30.2 Å². The lowest BCUT2D eigenvalue weighted by atomic mass is 9.91. The number of rotatable bonds is 4. The van der Waals surface area contributed by atoms with E-state index in [1.165, 1.54) is 4.88 Å². The first kappa shape index (κ1) is 16.7. The van der Waals surface area contributed by atoms with E-state index in [0.29, 0.717) is 18.3 Å². The summed E-state index contributed by atoms with van der Waals surface area (Å²) in [5, 5.41) is 6.16. The van der Waals surface area contributed by atoms with Crippen LogP contribution >= 0.6 is 23.7 Å². The van der Waals surface area contributed by atoms with Gasteiger partial charge in [-0.3, -0.25) is 0 Å². The lowest BCUT2D eigenvalue weighted by Crippen LogP contribution is -2.17. The molecule has 4 nitrogen and oxygen atoms in total. The fraction of sp³-hybridized carbons (Fsp3) is 0.250. The summed E-state index contributed by atoms with van der Waals surface area (Å²) < 4.78 is 5.49. The summed E-state index contributed by atoms with van der Waals surface area (Å²) in [6.07, 6.45) is 0. The Morgan fingerprint density at radius 1 is 1.18 bits per heavy atom. The highest BCUT2D eigenvalue weighted by Gasteiger charge is 2.30. The van der Waals surface area contributed by atoms with Crippen LogP contribution in [0.4, 0.5) is 0 Å². The number of halogens is 1.